The SMILES string of the molecule is Cc1ccnc(C#CCN2CCC(NC(=O)OC(C)(C)C)CC2)n1. The summed E-state index contributed by atoms with van der Waals surface area (Å²) in [5.41, 5.74) is 0.460. The van der Waals surface area contributed by atoms with E-state index in [9.17, 15) is 4.79 Å². The molecule has 1 saturated heterocycles. The second kappa shape index (κ2) is 8.11. The lowest BCUT2D eigenvalue weighted by Gasteiger charge is -2.31. The van der Waals surface area contributed by atoms with Crippen LogP contribution in [0, 0.1) is 18.8 Å². The molecule has 0 saturated carbocycles. The highest BCUT2D eigenvalue weighted by molar-refractivity contribution is 5.68. The van der Waals surface area contributed by atoms with Crippen LogP contribution in [0.3, 0.4) is 0 Å². The molecule has 0 aromatic carbocycles. The van der Waals surface area contributed by atoms with Crippen molar-refractivity contribution < 1.29 is 9.53 Å². The van der Waals surface area contributed by atoms with Gasteiger partial charge in [-0.25, -0.2) is 14.8 Å². The first-order valence-electron chi connectivity index (χ1n) is 8.32. The summed E-state index contributed by atoms with van der Waals surface area (Å²) < 4.78 is 5.29. The molecule has 0 spiro atoms. The molecule has 1 aromatic heterocycles. The first-order chi connectivity index (χ1) is 11.3. The average Bonchev–Trinajstić information content (AvgIpc) is 2.47. The molecule has 6 heteroatoms. The number of nitrogens with one attached hydrogen (secondary N) is 1. The maximum Gasteiger partial charge on any atom is 0.407 e. The number of likely N-dealkylation sites (tertiary alicyclic amines) is 1. The lowest BCUT2D eigenvalue weighted by atomic mass is 10.1. The minimum Gasteiger partial charge on any atom is -0.444 e. The van der Waals surface area contributed by atoms with Crippen molar-refractivity contribution in [1.82, 2.24) is 20.2 Å². The Kier molecular flexibility index (Phi) is 6.16. The third-order valence-electron chi connectivity index (χ3n) is 3.61. The van der Waals surface area contributed by atoms with Gasteiger partial charge in [-0.05, 0) is 52.5 Å². The zero-order valence-electron chi connectivity index (χ0n) is 14.9. The van der Waals surface area contributed by atoms with Gasteiger partial charge in [-0.3, -0.25) is 4.90 Å². The van der Waals surface area contributed by atoms with E-state index in [1.54, 1.807) is 6.20 Å². The van der Waals surface area contributed by atoms with Gasteiger partial charge in [-0.15, -0.1) is 0 Å². The first kappa shape index (κ1) is 18.2. The van der Waals surface area contributed by atoms with Crippen molar-refractivity contribution in [2.24, 2.45) is 0 Å². The van der Waals surface area contributed by atoms with E-state index in [1.807, 2.05) is 33.8 Å². The van der Waals surface area contributed by atoms with E-state index >= 15 is 0 Å². The zero-order chi connectivity index (χ0) is 17.6. The second-order valence-corrected chi connectivity index (χ2v) is 7.02. The van der Waals surface area contributed by atoms with Gasteiger partial charge < -0.3 is 10.1 Å². The van der Waals surface area contributed by atoms with Crippen LogP contribution in [0.5, 0.6) is 0 Å². The number of hydrogen-bond donors (Lipinski definition) is 1. The Morgan fingerprint density at radius 2 is 2.12 bits per heavy atom. The number of carbonyl (C=O) groups is 1. The van der Waals surface area contributed by atoms with Crippen LogP contribution < -0.4 is 5.32 Å². The van der Waals surface area contributed by atoms with E-state index in [4.69, 9.17) is 4.74 Å². The second-order valence-electron chi connectivity index (χ2n) is 7.02. The third-order valence-corrected chi connectivity index (χ3v) is 3.61. The summed E-state index contributed by atoms with van der Waals surface area (Å²) in [6, 6.07) is 2.03. The molecule has 0 radical (unpaired) electrons. The standard InChI is InChI=1S/C18H26N4O2/c1-14-7-10-19-16(20-14)6-5-11-22-12-8-15(9-13-22)21-17(23)24-18(2,3)4/h7,10,15H,8-9,11-13H2,1-4H3,(H,21,23). The highest BCUT2D eigenvalue weighted by atomic mass is 16.6. The van der Waals surface area contributed by atoms with Crippen molar-refractivity contribution in [3.63, 3.8) is 0 Å². The number of aryl methyl sites for hydroxylation is 1. The molecule has 1 fully saturated rings. The first-order valence-corrected chi connectivity index (χ1v) is 8.32. The molecule has 0 aliphatic carbocycles. The Hall–Kier alpha value is -2.13. The maximum atomic E-state index is 11.8. The Bertz CT molecular complexity index is 620. The molecule has 2 rings (SSSR count). The van der Waals surface area contributed by atoms with Gasteiger partial charge in [0, 0.05) is 31.0 Å². The van der Waals surface area contributed by atoms with Crippen molar-refractivity contribution in [2.45, 2.75) is 52.2 Å². The molecule has 6 nitrogen and oxygen atoms in total. The summed E-state index contributed by atoms with van der Waals surface area (Å²) >= 11 is 0. The molecule has 130 valence electrons. The number of ether oxygens (including phenoxy) is 1. The molecular weight excluding hydrogens is 304 g/mol. The summed E-state index contributed by atoms with van der Waals surface area (Å²) in [6.45, 7) is 10.0. The number of rotatable bonds is 2. The molecule has 1 aliphatic rings. The Balaban J connectivity index is 1.72. The highest BCUT2D eigenvalue weighted by Crippen LogP contribution is 2.12. The molecule has 2 heterocycles. The largest absolute Gasteiger partial charge is 0.444 e. The molecule has 1 N–H and O–H groups in total. The fourth-order valence-electron chi connectivity index (χ4n) is 2.45. The van der Waals surface area contributed by atoms with Crippen LogP contribution in [0.15, 0.2) is 12.3 Å². The summed E-state index contributed by atoms with van der Waals surface area (Å²) in [6.07, 6.45) is 3.20. The van der Waals surface area contributed by atoms with Crippen LogP contribution in [0.25, 0.3) is 0 Å². The van der Waals surface area contributed by atoms with E-state index < -0.39 is 5.60 Å². The quantitative estimate of drug-likeness (QED) is 0.842. The normalized spacial score (nSPS) is 16.2. The number of aromatic nitrogens is 2. The highest BCUT2D eigenvalue weighted by Gasteiger charge is 2.23. The van der Waals surface area contributed by atoms with Gasteiger partial charge in [-0.1, -0.05) is 5.92 Å². The Morgan fingerprint density at radius 3 is 2.75 bits per heavy atom. The molecule has 1 aromatic rings. The van der Waals surface area contributed by atoms with Crippen molar-refractivity contribution >= 4 is 6.09 Å². The number of amides is 1. The van der Waals surface area contributed by atoms with Gasteiger partial charge in [0.25, 0.3) is 0 Å². The number of piperidine rings is 1. The molecule has 1 aliphatic heterocycles. The van der Waals surface area contributed by atoms with E-state index in [0.717, 1.165) is 31.6 Å². The maximum absolute atomic E-state index is 11.8. The minimum absolute atomic E-state index is 0.171. The van der Waals surface area contributed by atoms with Gasteiger partial charge >= 0.3 is 6.09 Å². The van der Waals surface area contributed by atoms with Gasteiger partial charge in [-0.2, -0.15) is 0 Å². The molecule has 0 unspecified atom stereocenters. The smallest absolute Gasteiger partial charge is 0.407 e. The van der Waals surface area contributed by atoms with E-state index in [-0.39, 0.29) is 12.1 Å². The monoisotopic (exact) mass is 330 g/mol. The summed E-state index contributed by atoms with van der Waals surface area (Å²) in [5.74, 6) is 6.69. The fourth-order valence-corrected chi connectivity index (χ4v) is 2.45. The summed E-state index contributed by atoms with van der Waals surface area (Å²) in [4.78, 5) is 22.5. The number of nitrogens with zero attached hydrogens (tertiary/aromatic N) is 3. The van der Waals surface area contributed by atoms with Crippen LogP contribution in [0.4, 0.5) is 4.79 Å². The lowest BCUT2D eigenvalue weighted by molar-refractivity contribution is 0.0481. The molecule has 24 heavy (non-hydrogen) atoms. The van der Waals surface area contributed by atoms with Crippen LogP contribution >= 0.6 is 0 Å². The van der Waals surface area contributed by atoms with Crippen molar-refractivity contribution in [1.29, 1.82) is 0 Å². The van der Waals surface area contributed by atoms with Gasteiger partial charge in [0.1, 0.15) is 5.60 Å². The van der Waals surface area contributed by atoms with Crippen LogP contribution in [0.1, 0.15) is 45.1 Å². The van der Waals surface area contributed by atoms with E-state index in [2.05, 4.69) is 32.0 Å². The van der Waals surface area contributed by atoms with Crippen LogP contribution in [-0.2, 0) is 4.74 Å². The fraction of sp³-hybridized carbons (Fsp3) is 0.611. The summed E-state index contributed by atoms with van der Waals surface area (Å²) in [5, 5.41) is 2.94. The lowest BCUT2D eigenvalue weighted by Crippen LogP contribution is -2.46. The number of alkyl carbamates (subject to hydrolysis) is 1. The number of carbonyl (C=O) groups excluding carboxylic acids is 1. The predicted octanol–water partition coefficient (Wildman–Crippen LogP) is 2.13. The average molecular weight is 330 g/mol. The van der Waals surface area contributed by atoms with Gasteiger partial charge in [0.15, 0.2) is 0 Å². The zero-order valence-corrected chi connectivity index (χ0v) is 14.9. The van der Waals surface area contributed by atoms with Crippen molar-refractivity contribution in [2.75, 3.05) is 19.6 Å². The van der Waals surface area contributed by atoms with E-state index in [0.29, 0.717) is 12.4 Å². The Morgan fingerprint density at radius 1 is 1.42 bits per heavy atom. The molecule has 0 atom stereocenters. The molecular formula is C18H26N4O2. The minimum atomic E-state index is -0.460. The van der Waals surface area contributed by atoms with Gasteiger partial charge in [0.2, 0.25) is 5.82 Å². The predicted molar refractivity (Wildman–Crippen MR) is 92.5 cm³/mol. The van der Waals surface area contributed by atoms with Crippen LogP contribution in [0.2, 0.25) is 0 Å². The third kappa shape index (κ3) is 6.55. The van der Waals surface area contributed by atoms with Gasteiger partial charge in [0.05, 0.1) is 6.54 Å². The number of hydrogen-bond acceptors (Lipinski definition) is 5. The van der Waals surface area contributed by atoms with E-state index in [1.165, 1.54) is 0 Å². The van der Waals surface area contributed by atoms with Crippen molar-refractivity contribution in [3.8, 4) is 11.8 Å². The molecule has 1 amide bonds. The Labute approximate surface area is 144 Å². The van der Waals surface area contributed by atoms with Crippen molar-refractivity contribution in [3.05, 3.63) is 23.8 Å². The topological polar surface area (TPSA) is 67.4 Å². The summed E-state index contributed by atoms with van der Waals surface area (Å²) in [7, 11) is 0. The molecule has 0 bridgehead atoms. The van der Waals surface area contributed by atoms with Crippen LogP contribution in [-0.4, -0.2) is 52.2 Å².